The summed E-state index contributed by atoms with van der Waals surface area (Å²) in [6.45, 7) is 0. The van der Waals surface area contributed by atoms with Crippen molar-refractivity contribution >= 4 is 5.57 Å². The van der Waals surface area contributed by atoms with Crippen molar-refractivity contribution in [1.82, 2.24) is 4.98 Å². The molecule has 1 heterocycles. The second-order valence-corrected chi connectivity index (χ2v) is 4.69. The van der Waals surface area contributed by atoms with Gasteiger partial charge in [-0.25, -0.2) is 0 Å². The van der Waals surface area contributed by atoms with Crippen molar-refractivity contribution in [3.05, 3.63) is 60.3 Å². The molecular formula is C16H16N2. The van der Waals surface area contributed by atoms with Gasteiger partial charge in [0.15, 0.2) is 0 Å². The molecule has 0 amide bonds. The van der Waals surface area contributed by atoms with Crippen molar-refractivity contribution in [2.45, 2.75) is 18.9 Å². The number of nitrogens with zero attached hydrogens (tertiary/aromatic N) is 1. The molecule has 0 saturated heterocycles. The summed E-state index contributed by atoms with van der Waals surface area (Å²) in [5.74, 6) is 0. The summed E-state index contributed by atoms with van der Waals surface area (Å²) >= 11 is 0. The second-order valence-electron chi connectivity index (χ2n) is 4.69. The summed E-state index contributed by atoms with van der Waals surface area (Å²) < 4.78 is 0. The van der Waals surface area contributed by atoms with E-state index in [1.165, 1.54) is 11.1 Å². The van der Waals surface area contributed by atoms with E-state index in [2.05, 4.69) is 35.3 Å². The highest BCUT2D eigenvalue weighted by molar-refractivity contribution is 5.71. The summed E-state index contributed by atoms with van der Waals surface area (Å²) in [6, 6.07) is 14.8. The number of pyridine rings is 1. The maximum Gasteiger partial charge on any atom is 0.0701 e. The normalized spacial score (nSPS) is 18.7. The molecule has 2 heteroatoms. The molecule has 0 saturated carbocycles. The Hall–Kier alpha value is -1.93. The molecule has 2 nitrogen and oxygen atoms in total. The number of nitrogens with two attached hydrogens (primary N) is 1. The summed E-state index contributed by atoms with van der Waals surface area (Å²) in [5, 5.41) is 0. The minimum absolute atomic E-state index is 0.232. The fraction of sp³-hybridized carbons (Fsp3) is 0.188. The Morgan fingerprint density at radius 2 is 1.78 bits per heavy atom. The zero-order valence-electron chi connectivity index (χ0n) is 10.2. The third kappa shape index (κ3) is 2.20. The Morgan fingerprint density at radius 1 is 1.00 bits per heavy atom. The zero-order chi connectivity index (χ0) is 12.4. The lowest BCUT2D eigenvalue weighted by Crippen LogP contribution is -2.11. The maximum absolute atomic E-state index is 5.90. The van der Waals surface area contributed by atoms with Crippen LogP contribution in [0.5, 0.6) is 0 Å². The van der Waals surface area contributed by atoms with Gasteiger partial charge in [0.2, 0.25) is 0 Å². The lowest BCUT2D eigenvalue weighted by atomic mass is 10.0. The standard InChI is InChI=1S/C16H16N2/c17-15-9-8-14(11-15)12-4-6-13(7-5-12)16-3-1-2-10-18-16/h1-7,10-11,15H,8-9,17H2. The van der Waals surface area contributed by atoms with Gasteiger partial charge in [-0.05, 0) is 36.1 Å². The van der Waals surface area contributed by atoms with Crippen molar-refractivity contribution < 1.29 is 0 Å². The average molecular weight is 236 g/mol. The van der Waals surface area contributed by atoms with E-state index >= 15 is 0 Å². The third-order valence-electron chi connectivity index (χ3n) is 3.38. The van der Waals surface area contributed by atoms with Gasteiger partial charge >= 0.3 is 0 Å². The Morgan fingerprint density at radius 3 is 2.39 bits per heavy atom. The molecule has 2 aromatic rings. The van der Waals surface area contributed by atoms with Crippen LogP contribution in [0.15, 0.2) is 54.7 Å². The molecule has 0 aliphatic heterocycles. The molecule has 0 spiro atoms. The predicted octanol–water partition coefficient (Wildman–Crippen LogP) is 3.25. The first kappa shape index (κ1) is 11.2. The van der Waals surface area contributed by atoms with Crippen molar-refractivity contribution in [2.24, 2.45) is 5.73 Å². The number of benzene rings is 1. The average Bonchev–Trinajstić information content (AvgIpc) is 2.87. The number of hydrogen-bond acceptors (Lipinski definition) is 2. The Kier molecular flexibility index (Phi) is 2.95. The minimum atomic E-state index is 0.232. The molecule has 18 heavy (non-hydrogen) atoms. The molecule has 1 aliphatic rings. The van der Waals surface area contributed by atoms with Crippen LogP contribution >= 0.6 is 0 Å². The molecule has 1 unspecified atom stereocenters. The summed E-state index contributed by atoms with van der Waals surface area (Å²) in [6.07, 6.45) is 6.15. The molecule has 0 fully saturated rings. The van der Waals surface area contributed by atoms with E-state index in [0.29, 0.717) is 0 Å². The smallest absolute Gasteiger partial charge is 0.0701 e. The van der Waals surface area contributed by atoms with Crippen LogP contribution in [0.3, 0.4) is 0 Å². The molecule has 1 aromatic heterocycles. The Bertz CT molecular complexity index is 555. The first-order valence-corrected chi connectivity index (χ1v) is 6.31. The van der Waals surface area contributed by atoms with Crippen LogP contribution in [0, 0.1) is 0 Å². The van der Waals surface area contributed by atoms with Gasteiger partial charge in [-0.2, -0.15) is 0 Å². The monoisotopic (exact) mass is 236 g/mol. The van der Waals surface area contributed by atoms with E-state index in [1.807, 2.05) is 24.4 Å². The first-order chi connectivity index (χ1) is 8.83. The van der Waals surface area contributed by atoms with Gasteiger partial charge in [0, 0.05) is 17.8 Å². The fourth-order valence-electron chi connectivity index (χ4n) is 2.38. The van der Waals surface area contributed by atoms with Crippen LogP contribution in [0.1, 0.15) is 18.4 Å². The second kappa shape index (κ2) is 4.75. The van der Waals surface area contributed by atoms with Gasteiger partial charge in [-0.1, -0.05) is 36.4 Å². The number of hydrogen-bond donors (Lipinski definition) is 1. The molecule has 0 radical (unpaired) electrons. The SMILES string of the molecule is NC1C=C(c2ccc(-c3ccccn3)cc2)CC1. The van der Waals surface area contributed by atoms with Gasteiger partial charge in [0.05, 0.1) is 5.69 Å². The van der Waals surface area contributed by atoms with Crippen molar-refractivity contribution in [3.63, 3.8) is 0 Å². The summed E-state index contributed by atoms with van der Waals surface area (Å²) in [4.78, 5) is 4.35. The van der Waals surface area contributed by atoms with Gasteiger partial charge in [-0.3, -0.25) is 4.98 Å². The molecule has 1 atom stereocenters. The Balaban J connectivity index is 1.88. The quantitative estimate of drug-likeness (QED) is 0.869. The minimum Gasteiger partial charge on any atom is -0.324 e. The van der Waals surface area contributed by atoms with E-state index in [4.69, 9.17) is 5.73 Å². The van der Waals surface area contributed by atoms with Gasteiger partial charge in [0.1, 0.15) is 0 Å². The molecule has 1 aromatic carbocycles. The highest BCUT2D eigenvalue weighted by Crippen LogP contribution is 2.28. The molecule has 1 aliphatic carbocycles. The van der Waals surface area contributed by atoms with Crippen LogP contribution in [-0.2, 0) is 0 Å². The Labute approximate surface area is 107 Å². The largest absolute Gasteiger partial charge is 0.324 e. The van der Waals surface area contributed by atoms with Crippen LogP contribution in [0.25, 0.3) is 16.8 Å². The number of rotatable bonds is 2. The van der Waals surface area contributed by atoms with Crippen molar-refractivity contribution in [1.29, 1.82) is 0 Å². The zero-order valence-corrected chi connectivity index (χ0v) is 10.2. The molecular weight excluding hydrogens is 220 g/mol. The lowest BCUT2D eigenvalue weighted by molar-refractivity contribution is 0.782. The summed E-state index contributed by atoms with van der Waals surface area (Å²) in [7, 11) is 0. The van der Waals surface area contributed by atoms with Gasteiger partial charge in [-0.15, -0.1) is 0 Å². The topological polar surface area (TPSA) is 38.9 Å². The van der Waals surface area contributed by atoms with Gasteiger partial charge in [0.25, 0.3) is 0 Å². The molecule has 2 N–H and O–H groups in total. The number of aromatic nitrogens is 1. The van der Waals surface area contributed by atoms with Crippen LogP contribution in [0.2, 0.25) is 0 Å². The maximum atomic E-state index is 5.90. The fourth-order valence-corrected chi connectivity index (χ4v) is 2.38. The molecule has 3 rings (SSSR count). The summed E-state index contributed by atoms with van der Waals surface area (Å²) in [5.41, 5.74) is 10.7. The van der Waals surface area contributed by atoms with Crippen LogP contribution in [0.4, 0.5) is 0 Å². The van der Waals surface area contributed by atoms with E-state index in [9.17, 15) is 0 Å². The van der Waals surface area contributed by atoms with E-state index < -0.39 is 0 Å². The van der Waals surface area contributed by atoms with E-state index in [0.717, 1.165) is 24.1 Å². The molecule has 0 bridgehead atoms. The highest BCUT2D eigenvalue weighted by atomic mass is 14.7. The van der Waals surface area contributed by atoms with Crippen molar-refractivity contribution in [3.8, 4) is 11.3 Å². The molecule has 90 valence electrons. The predicted molar refractivity (Wildman–Crippen MR) is 74.9 cm³/mol. The first-order valence-electron chi connectivity index (χ1n) is 6.31. The van der Waals surface area contributed by atoms with Crippen LogP contribution < -0.4 is 5.73 Å². The number of allylic oxidation sites excluding steroid dienone is 1. The van der Waals surface area contributed by atoms with E-state index in [1.54, 1.807) is 0 Å². The highest BCUT2D eigenvalue weighted by Gasteiger charge is 2.13. The van der Waals surface area contributed by atoms with Gasteiger partial charge < -0.3 is 5.73 Å². The lowest BCUT2D eigenvalue weighted by Gasteiger charge is -2.04. The van der Waals surface area contributed by atoms with Crippen molar-refractivity contribution in [2.75, 3.05) is 0 Å². The van der Waals surface area contributed by atoms with E-state index in [-0.39, 0.29) is 6.04 Å². The van der Waals surface area contributed by atoms with Crippen LogP contribution in [-0.4, -0.2) is 11.0 Å². The third-order valence-corrected chi connectivity index (χ3v) is 3.38.